The maximum absolute atomic E-state index is 12.0. The smallest absolute Gasteiger partial charge is 0.331 e. The van der Waals surface area contributed by atoms with Crippen molar-refractivity contribution in [3.63, 3.8) is 0 Å². The summed E-state index contributed by atoms with van der Waals surface area (Å²) in [5.41, 5.74) is 3.61. The average molecular weight is 390 g/mol. The monoisotopic (exact) mass is 389 g/mol. The fourth-order valence-corrected chi connectivity index (χ4v) is 2.80. The number of carbonyl (C=O) groups excluding carboxylic acids is 2. The Morgan fingerprint density at radius 3 is 2.48 bits per heavy atom. The molecule has 0 saturated carbocycles. The van der Waals surface area contributed by atoms with E-state index in [1.54, 1.807) is 24.9 Å². The maximum Gasteiger partial charge on any atom is 0.331 e. The van der Waals surface area contributed by atoms with E-state index in [1.807, 2.05) is 38.1 Å². The lowest BCUT2D eigenvalue weighted by Gasteiger charge is -2.16. The number of aromatic nitrogens is 2. The van der Waals surface area contributed by atoms with Gasteiger partial charge in [-0.1, -0.05) is 41.4 Å². The number of rotatable bonds is 6. The van der Waals surface area contributed by atoms with Crippen LogP contribution in [0.2, 0.25) is 5.15 Å². The Hall–Kier alpha value is -2.60. The van der Waals surface area contributed by atoms with Crippen molar-refractivity contribution in [3.8, 4) is 0 Å². The number of carbonyl (C=O) groups is 2. The van der Waals surface area contributed by atoms with E-state index >= 15 is 0 Å². The highest BCUT2D eigenvalue weighted by Gasteiger charge is 2.18. The molecule has 1 amide bonds. The van der Waals surface area contributed by atoms with Gasteiger partial charge in [0.25, 0.3) is 5.91 Å². The zero-order chi connectivity index (χ0) is 20.1. The summed E-state index contributed by atoms with van der Waals surface area (Å²) >= 11 is 6.43. The van der Waals surface area contributed by atoms with Crippen molar-refractivity contribution < 1.29 is 14.3 Å². The average Bonchev–Trinajstić information content (AvgIpc) is 2.87. The third-order valence-electron chi connectivity index (χ3n) is 4.03. The molecule has 0 fully saturated rings. The molecule has 1 aromatic carbocycles. The number of hydrogen-bond acceptors (Lipinski definition) is 4. The molecule has 0 unspecified atom stereocenters. The molecule has 7 heteroatoms. The number of nitrogens with zero attached hydrogens (tertiary/aromatic N) is 3. The second kappa shape index (κ2) is 8.86. The summed E-state index contributed by atoms with van der Waals surface area (Å²) in [6, 6.07) is 8.12. The Kier molecular flexibility index (Phi) is 6.80. The summed E-state index contributed by atoms with van der Waals surface area (Å²) in [6.45, 7) is 5.92. The lowest BCUT2D eigenvalue weighted by molar-refractivity contribution is -0.153. The summed E-state index contributed by atoms with van der Waals surface area (Å²) in [5, 5.41) is 4.88. The third kappa shape index (κ3) is 5.44. The van der Waals surface area contributed by atoms with E-state index in [-0.39, 0.29) is 5.91 Å². The summed E-state index contributed by atoms with van der Waals surface area (Å²) in [5.74, 6) is -0.892. The summed E-state index contributed by atoms with van der Waals surface area (Å²) < 4.78 is 6.79. The first-order valence-corrected chi connectivity index (χ1v) is 8.95. The van der Waals surface area contributed by atoms with Crippen LogP contribution in [-0.4, -0.2) is 46.8 Å². The first-order valence-electron chi connectivity index (χ1n) is 8.57. The van der Waals surface area contributed by atoms with Gasteiger partial charge >= 0.3 is 5.97 Å². The molecule has 6 nitrogen and oxygen atoms in total. The van der Waals surface area contributed by atoms with Crippen LogP contribution in [0.15, 0.2) is 30.3 Å². The van der Waals surface area contributed by atoms with Crippen LogP contribution >= 0.6 is 11.6 Å². The van der Waals surface area contributed by atoms with Gasteiger partial charge in [0.1, 0.15) is 5.15 Å². The van der Waals surface area contributed by atoms with E-state index in [0.29, 0.717) is 23.0 Å². The Bertz CT molecular complexity index is 854. The largest absolute Gasteiger partial charge is 0.449 e. The van der Waals surface area contributed by atoms with Gasteiger partial charge in [0.2, 0.25) is 0 Å². The third-order valence-corrected chi connectivity index (χ3v) is 4.43. The van der Waals surface area contributed by atoms with Crippen molar-refractivity contribution >= 4 is 29.6 Å². The molecule has 2 aromatic rings. The highest BCUT2D eigenvalue weighted by molar-refractivity contribution is 6.31. The van der Waals surface area contributed by atoms with Gasteiger partial charge in [-0.25, -0.2) is 9.48 Å². The van der Waals surface area contributed by atoms with Gasteiger partial charge in [0, 0.05) is 25.7 Å². The van der Waals surface area contributed by atoms with Crippen LogP contribution in [0.1, 0.15) is 29.3 Å². The van der Waals surface area contributed by atoms with Crippen LogP contribution in [0.25, 0.3) is 6.08 Å². The van der Waals surface area contributed by atoms with Crippen LogP contribution in [0.3, 0.4) is 0 Å². The number of ether oxygens (including phenoxy) is 1. The van der Waals surface area contributed by atoms with Gasteiger partial charge in [-0.3, -0.25) is 4.79 Å². The fourth-order valence-electron chi connectivity index (χ4n) is 2.51. The molecule has 0 bridgehead atoms. The topological polar surface area (TPSA) is 64.4 Å². The first kappa shape index (κ1) is 20.7. The number of hydrogen-bond donors (Lipinski definition) is 0. The van der Waals surface area contributed by atoms with Gasteiger partial charge < -0.3 is 9.64 Å². The van der Waals surface area contributed by atoms with Crippen molar-refractivity contribution in [2.75, 3.05) is 14.1 Å². The minimum atomic E-state index is -0.849. The Morgan fingerprint density at radius 2 is 1.89 bits per heavy atom. The van der Waals surface area contributed by atoms with Crippen LogP contribution in [0, 0.1) is 13.8 Å². The quantitative estimate of drug-likeness (QED) is 0.562. The van der Waals surface area contributed by atoms with Crippen molar-refractivity contribution in [2.45, 2.75) is 33.4 Å². The molecule has 0 aliphatic rings. The summed E-state index contributed by atoms with van der Waals surface area (Å²) in [7, 11) is 3.21. The molecule has 27 heavy (non-hydrogen) atoms. The van der Waals surface area contributed by atoms with Crippen LogP contribution in [0.5, 0.6) is 0 Å². The second-order valence-electron chi connectivity index (χ2n) is 6.58. The predicted octanol–water partition coefficient (Wildman–Crippen LogP) is 3.23. The molecule has 0 radical (unpaired) electrons. The van der Waals surface area contributed by atoms with Crippen LogP contribution in [-0.2, 0) is 20.9 Å². The van der Waals surface area contributed by atoms with Crippen molar-refractivity contribution in [3.05, 3.63) is 57.9 Å². The van der Waals surface area contributed by atoms with Gasteiger partial charge in [-0.05, 0) is 32.4 Å². The van der Waals surface area contributed by atoms with Crippen LogP contribution < -0.4 is 0 Å². The molecule has 0 aliphatic carbocycles. The van der Waals surface area contributed by atoms with Crippen LogP contribution in [0.4, 0.5) is 0 Å². The molecule has 2 rings (SSSR count). The normalized spacial score (nSPS) is 12.2. The van der Waals surface area contributed by atoms with E-state index in [4.69, 9.17) is 16.3 Å². The van der Waals surface area contributed by atoms with E-state index < -0.39 is 12.1 Å². The number of likely N-dealkylation sites (N-methyl/N-ethyl adjacent to an activating group) is 1. The van der Waals surface area contributed by atoms with Gasteiger partial charge in [0.15, 0.2) is 6.10 Å². The molecular weight excluding hydrogens is 366 g/mol. The minimum Gasteiger partial charge on any atom is -0.449 e. The molecule has 1 atom stereocenters. The Labute approximate surface area is 164 Å². The molecule has 0 aliphatic heterocycles. The molecule has 1 heterocycles. The Morgan fingerprint density at radius 1 is 1.26 bits per heavy atom. The van der Waals surface area contributed by atoms with E-state index in [9.17, 15) is 9.59 Å². The Balaban J connectivity index is 2.09. The molecule has 144 valence electrons. The number of benzene rings is 1. The number of halogens is 1. The molecule has 0 spiro atoms. The van der Waals surface area contributed by atoms with Gasteiger partial charge in [-0.2, -0.15) is 5.10 Å². The molecule has 0 saturated heterocycles. The minimum absolute atomic E-state index is 0.281. The highest BCUT2D eigenvalue weighted by atomic mass is 35.5. The fraction of sp³-hybridized carbons (Fsp3) is 0.350. The molecule has 1 aromatic heterocycles. The molecular formula is C20H24ClN3O3. The van der Waals surface area contributed by atoms with E-state index in [0.717, 1.165) is 5.56 Å². The second-order valence-corrected chi connectivity index (χ2v) is 6.94. The first-order chi connectivity index (χ1) is 12.7. The molecule has 0 N–H and O–H groups in total. The SMILES string of the molecule is Cc1ccc(Cn2nc(C)c(/C=C/C(=O)O[C@H](C)C(=O)N(C)C)c2Cl)cc1. The summed E-state index contributed by atoms with van der Waals surface area (Å²) in [6.07, 6.45) is 1.97. The van der Waals surface area contributed by atoms with Crippen molar-refractivity contribution in [1.82, 2.24) is 14.7 Å². The van der Waals surface area contributed by atoms with Crippen molar-refractivity contribution in [2.24, 2.45) is 0 Å². The van der Waals surface area contributed by atoms with Crippen molar-refractivity contribution in [1.29, 1.82) is 0 Å². The zero-order valence-corrected chi connectivity index (χ0v) is 16.9. The lowest BCUT2D eigenvalue weighted by Crippen LogP contribution is -2.34. The number of esters is 1. The van der Waals surface area contributed by atoms with Gasteiger partial charge in [0.05, 0.1) is 12.2 Å². The number of amides is 1. The van der Waals surface area contributed by atoms with Gasteiger partial charge in [-0.15, -0.1) is 0 Å². The standard InChI is InChI=1S/C20H24ClN3O3/c1-13-6-8-16(9-7-13)12-24-19(21)17(14(2)22-24)10-11-18(25)27-15(3)20(26)23(4)5/h6-11,15H,12H2,1-5H3/b11-10+/t15-/m1/s1. The lowest BCUT2D eigenvalue weighted by atomic mass is 10.1. The number of aryl methyl sites for hydroxylation is 2. The highest BCUT2D eigenvalue weighted by Crippen LogP contribution is 2.22. The zero-order valence-electron chi connectivity index (χ0n) is 16.2. The maximum atomic E-state index is 12.0. The summed E-state index contributed by atoms with van der Waals surface area (Å²) in [4.78, 5) is 25.1. The van der Waals surface area contributed by atoms with E-state index in [1.165, 1.54) is 23.5 Å². The van der Waals surface area contributed by atoms with E-state index in [2.05, 4.69) is 5.10 Å². The predicted molar refractivity (Wildman–Crippen MR) is 106 cm³/mol.